The van der Waals surface area contributed by atoms with E-state index in [-0.39, 0.29) is 5.41 Å². The molecule has 0 atom stereocenters. The van der Waals surface area contributed by atoms with Crippen LogP contribution < -0.4 is 0 Å². The zero-order valence-corrected chi connectivity index (χ0v) is 12.5. The van der Waals surface area contributed by atoms with Crippen molar-refractivity contribution in [2.45, 2.75) is 33.1 Å². The van der Waals surface area contributed by atoms with Gasteiger partial charge in [-0.25, -0.2) is 0 Å². The van der Waals surface area contributed by atoms with Gasteiger partial charge in [0.1, 0.15) is 0 Å². The summed E-state index contributed by atoms with van der Waals surface area (Å²) in [7, 11) is 2.19. The van der Waals surface area contributed by atoms with Crippen molar-refractivity contribution in [1.82, 2.24) is 4.57 Å². The topological polar surface area (TPSA) is 4.93 Å². The number of thiophene rings is 1. The second-order valence-electron chi connectivity index (χ2n) is 6.05. The minimum absolute atomic E-state index is 0.172. The van der Waals surface area contributed by atoms with E-state index >= 15 is 0 Å². The predicted octanol–water partition coefficient (Wildman–Crippen LogP) is 5.00. The van der Waals surface area contributed by atoms with Crippen molar-refractivity contribution in [3.8, 4) is 0 Å². The van der Waals surface area contributed by atoms with Crippen molar-refractivity contribution in [1.29, 1.82) is 0 Å². The lowest BCUT2D eigenvalue weighted by Crippen LogP contribution is -2.16. The van der Waals surface area contributed by atoms with Crippen molar-refractivity contribution in [2.75, 3.05) is 0 Å². The molecule has 0 aliphatic carbocycles. The Morgan fingerprint density at radius 2 is 1.78 bits per heavy atom. The van der Waals surface area contributed by atoms with Gasteiger partial charge in [-0.05, 0) is 13.0 Å². The smallest absolute Gasteiger partial charge is 0.0564 e. The lowest BCUT2D eigenvalue weighted by atomic mass is 9.89. The normalized spacial score (nSPS) is 12.7. The highest BCUT2D eigenvalue weighted by atomic mass is 32.1. The van der Waals surface area contributed by atoms with Crippen LogP contribution in [-0.2, 0) is 12.5 Å². The summed E-state index contributed by atoms with van der Waals surface area (Å²) in [6, 6.07) is 8.75. The van der Waals surface area contributed by atoms with Crippen LogP contribution in [0.25, 0.3) is 20.2 Å². The van der Waals surface area contributed by atoms with Crippen LogP contribution in [0, 0.1) is 6.92 Å². The monoisotopic (exact) mass is 257 g/mol. The molecule has 3 rings (SSSR count). The maximum atomic E-state index is 2.37. The van der Waals surface area contributed by atoms with Gasteiger partial charge in [0.25, 0.3) is 0 Å². The molecule has 0 aliphatic rings. The van der Waals surface area contributed by atoms with E-state index in [1.807, 2.05) is 11.3 Å². The number of fused-ring (bicyclic) bond motifs is 3. The largest absolute Gasteiger partial charge is 0.349 e. The highest BCUT2D eigenvalue weighted by Crippen LogP contribution is 2.42. The number of rotatable bonds is 0. The molecular formula is C16H19NS. The molecule has 0 amide bonds. The fraction of sp³-hybridized carbons (Fsp3) is 0.375. The van der Waals surface area contributed by atoms with Crippen molar-refractivity contribution >= 4 is 31.5 Å². The molecule has 2 aromatic heterocycles. The summed E-state index contributed by atoms with van der Waals surface area (Å²) in [6.45, 7) is 9.13. The zero-order chi connectivity index (χ0) is 13.1. The van der Waals surface area contributed by atoms with Crippen LogP contribution in [-0.4, -0.2) is 4.57 Å². The van der Waals surface area contributed by atoms with Crippen molar-refractivity contribution in [3.63, 3.8) is 0 Å². The van der Waals surface area contributed by atoms with E-state index in [0.717, 1.165) is 0 Å². The number of aromatic nitrogens is 1. The Balaban J connectivity index is 2.58. The van der Waals surface area contributed by atoms with E-state index in [2.05, 4.69) is 63.6 Å². The zero-order valence-electron chi connectivity index (χ0n) is 11.7. The van der Waals surface area contributed by atoms with E-state index in [1.54, 1.807) is 0 Å². The summed E-state index contributed by atoms with van der Waals surface area (Å²) in [5, 5.41) is 2.87. The molecular weight excluding hydrogens is 238 g/mol. The molecule has 0 saturated heterocycles. The van der Waals surface area contributed by atoms with Crippen LogP contribution in [0.1, 0.15) is 32.2 Å². The standard InChI is InChI=1S/C16H19NS/c1-10-14-13(15(17(10)5)16(2,3)4)11-8-6-7-9-12(11)18-14/h6-9H,1-5H3. The Labute approximate surface area is 112 Å². The molecule has 0 unspecified atom stereocenters. The summed E-state index contributed by atoms with van der Waals surface area (Å²) in [5.41, 5.74) is 3.01. The Hall–Kier alpha value is -1.28. The summed E-state index contributed by atoms with van der Waals surface area (Å²) in [6.07, 6.45) is 0. The maximum absolute atomic E-state index is 2.37. The molecule has 0 aliphatic heterocycles. The van der Waals surface area contributed by atoms with Crippen LogP contribution in [0.15, 0.2) is 24.3 Å². The molecule has 2 heterocycles. The molecule has 3 aromatic rings. The predicted molar refractivity (Wildman–Crippen MR) is 81.7 cm³/mol. The lowest BCUT2D eigenvalue weighted by Gasteiger charge is -2.21. The number of hydrogen-bond acceptors (Lipinski definition) is 1. The maximum Gasteiger partial charge on any atom is 0.0564 e. The van der Waals surface area contributed by atoms with Gasteiger partial charge in [-0.2, -0.15) is 0 Å². The minimum Gasteiger partial charge on any atom is -0.349 e. The summed E-state index contributed by atoms with van der Waals surface area (Å²) >= 11 is 1.92. The van der Waals surface area contributed by atoms with Gasteiger partial charge in [0, 0.05) is 39.3 Å². The van der Waals surface area contributed by atoms with Crippen molar-refractivity contribution in [2.24, 2.45) is 7.05 Å². The molecule has 0 fully saturated rings. The first-order chi connectivity index (χ1) is 8.41. The number of aryl methyl sites for hydroxylation is 1. The van der Waals surface area contributed by atoms with Gasteiger partial charge in [-0.3, -0.25) is 0 Å². The van der Waals surface area contributed by atoms with Crippen LogP contribution in [0.4, 0.5) is 0 Å². The molecule has 0 spiro atoms. The van der Waals surface area contributed by atoms with Gasteiger partial charge < -0.3 is 4.57 Å². The third-order valence-corrected chi connectivity index (χ3v) is 4.99. The average molecular weight is 257 g/mol. The SMILES string of the molecule is Cc1c2sc3ccccc3c2c(C(C)(C)C)n1C. The Kier molecular flexibility index (Phi) is 2.36. The third-order valence-electron chi connectivity index (χ3n) is 3.71. The highest BCUT2D eigenvalue weighted by Gasteiger charge is 2.25. The van der Waals surface area contributed by atoms with E-state index in [4.69, 9.17) is 0 Å². The number of hydrogen-bond donors (Lipinski definition) is 0. The van der Waals surface area contributed by atoms with Gasteiger partial charge in [0.05, 0.1) is 4.70 Å². The van der Waals surface area contributed by atoms with Crippen molar-refractivity contribution in [3.05, 3.63) is 35.7 Å². The Bertz CT molecular complexity index is 738. The quantitative estimate of drug-likeness (QED) is 0.534. The van der Waals surface area contributed by atoms with E-state index in [0.29, 0.717) is 0 Å². The second kappa shape index (κ2) is 3.61. The van der Waals surface area contributed by atoms with E-state index < -0.39 is 0 Å². The highest BCUT2D eigenvalue weighted by molar-refractivity contribution is 7.26. The van der Waals surface area contributed by atoms with Crippen LogP contribution >= 0.6 is 11.3 Å². The van der Waals surface area contributed by atoms with Gasteiger partial charge in [0.2, 0.25) is 0 Å². The lowest BCUT2D eigenvalue weighted by molar-refractivity contribution is 0.545. The van der Waals surface area contributed by atoms with Gasteiger partial charge >= 0.3 is 0 Å². The molecule has 94 valence electrons. The third kappa shape index (κ3) is 1.45. The van der Waals surface area contributed by atoms with Crippen LogP contribution in [0.2, 0.25) is 0 Å². The molecule has 18 heavy (non-hydrogen) atoms. The minimum atomic E-state index is 0.172. The van der Waals surface area contributed by atoms with E-state index in [1.165, 1.54) is 31.6 Å². The average Bonchev–Trinajstić information content (AvgIpc) is 2.76. The van der Waals surface area contributed by atoms with Crippen LogP contribution in [0.3, 0.4) is 0 Å². The molecule has 0 bridgehead atoms. The van der Waals surface area contributed by atoms with Crippen LogP contribution in [0.5, 0.6) is 0 Å². The van der Waals surface area contributed by atoms with E-state index in [9.17, 15) is 0 Å². The fourth-order valence-corrected chi connectivity index (χ4v) is 4.14. The molecule has 0 radical (unpaired) electrons. The first-order valence-electron chi connectivity index (χ1n) is 6.38. The Morgan fingerprint density at radius 1 is 1.11 bits per heavy atom. The molecule has 0 saturated carbocycles. The summed E-state index contributed by atoms with van der Waals surface area (Å²) < 4.78 is 5.22. The second-order valence-corrected chi connectivity index (χ2v) is 7.10. The molecule has 0 N–H and O–H groups in total. The number of benzene rings is 1. The first kappa shape index (κ1) is 11.8. The van der Waals surface area contributed by atoms with Gasteiger partial charge in [0.15, 0.2) is 0 Å². The Morgan fingerprint density at radius 3 is 2.44 bits per heavy atom. The fourth-order valence-electron chi connectivity index (χ4n) is 2.90. The van der Waals surface area contributed by atoms with Gasteiger partial charge in [-0.1, -0.05) is 39.0 Å². The van der Waals surface area contributed by atoms with Crippen molar-refractivity contribution < 1.29 is 0 Å². The number of nitrogens with zero attached hydrogens (tertiary/aromatic N) is 1. The molecule has 1 aromatic carbocycles. The van der Waals surface area contributed by atoms with Gasteiger partial charge in [-0.15, -0.1) is 11.3 Å². The molecule has 1 nitrogen and oxygen atoms in total. The first-order valence-corrected chi connectivity index (χ1v) is 7.20. The molecule has 2 heteroatoms. The summed E-state index contributed by atoms with van der Waals surface area (Å²) in [4.78, 5) is 0. The summed E-state index contributed by atoms with van der Waals surface area (Å²) in [5.74, 6) is 0.